The fourth-order valence-electron chi connectivity index (χ4n) is 0.661. The lowest BCUT2D eigenvalue weighted by atomic mass is 9.81. The Kier molecular flexibility index (Phi) is 5.63. The first kappa shape index (κ1) is 13.3. The van der Waals surface area contributed by atoms with Gasteiger partial charge in [-0.15, -0.1) is 0 Å². The normalized spacial score (nSPS) is 12.8. The van der Waals surface area contributed by atoms with Crippen molar-refractivity contribution in [1.29, 1.82) is 5.26 Å². The monoisotopic (exact) mass is 213 g/mol. The van der Waals surface area contributed by atoms with Crippen LogP contribution < -0.4 is 5.32 Å². The summed E-state index contributed by atoms with van der Waals surface area (Å²) >= 11 is 1.46. The number of thioether (sulfide) groups is 1. The van der Waals surface area contributed by atoms with Crippen LogP contribution in [-0.4, -0.2) is 18.0 Å². The second kappa shape index (κ2) is 5.92. The van der Waals surface area contributed by atoms with Crippen LogP contribution in [0.15, 0.2) is 4.99 Å². The van der Waals surface area contributed by atoms with Gasteiger partial charge in [-0.1, -0.05) is 39.5 Å². The molecule has 0 fully saturated rings. The van der Waals surface area contributed by atoms with Crippen LogP contribution in [0.4, 0.5) is 0 Å². The van der Waals surface area contributed by atoms with Crippen molar-refractivity contribution in [3.8, 4) is 6.19 Å². The van der Waals surface area contributed by atoms with Crippen molar-refractivity contribution >= 4 is 16.9 Å². The lowest BCUT2D eigenvalue weighted by molar-refractivity contribution is 0.262. The van der Waals surface area contributed by atoms with Gasteiger partial charge in [-0.25, -0.2) is 0 Å². The molecular formula is C10H19N3S. The minimum absolute atomic E-state index is 0.179. The summed E-state index contributed by atoms with van der Waals surface area (Å²) in [6.07, 6.45) is 3.79. The summed E-state index contributed by atoms with van der Waals surface area (Å²) < 4.78 is 0. The van der Waals surface area contributed by atoms with E-state index in [4.69, 9.17) is 5.26 Å². The molecule has 1 N–H and O–H groups in total. The SMILES string of the molecule is CSC(=NCC(C)(C)C(C)C)NC#N. The Labute approximate surface area is 91.0 Å². The lowest BCUT2D eigenvalue weighted by Gasteiger charge is -2.27. The first-order valence-corrected chi connectivity index (χ1v) is 5.90. The van der Waals surface area contributed by atoms with Gasteiger partial charge >= 0.3 is 0 Å². The maximum absolute atomic E-state index is 8.45. The van der Waals surface area contributed by atoms with Gasteiger partial charge in [0.25, 0.3) is 0 Å². The summed E-state index contributed by atoms with van der Waals surface area (Å²) in [7, 11) is 0. The number of nitrogens with one attached hydrogen (secondary N) is 1. The molecule has 0 aliphatic heterocycles. The fourth-order valence-corrected chi connectivity index (χ4v) is 1.00. The highest BCUT2D eigenvalue weighted by Gasteiger charge is 2.21. The van der Waals surface area contributed by atoms with Crippen molar-refractivity contribution in [3.63, 3.8) is 0 Å². The van der Waals surface area contributed by atoms with Crippen molar-refractivity contribution in [3.05, 3.63) is 0 Å². The van der Waals surface area contributed by atoms with Gasteiger partial charge in [0, 0.05) is 6.54 Å². The van der Waals surface area contributed by atoms with Gasteiger partial charge in [-0.2, -0.15) is 5.26 Å². The predicted octanol–water partition coefficient (Wildman–Crippen LogP) is 2.46. The van der Waals surface area contributed by atoms with Gasteiger partial charge in [0.15, 0.2) is 11.4 Å². The maximum atomic E-state index is 8.45. The molecule has 0 spiro atoms. The van der Waals surface area contributed by atoms with Crippen LogP contribution in [0.3, 0.4) is 0 Å². The molecule has 0 aromatic carbocycles. The Balaban J connectivity index is 4.32. The van der Waals surface area contributed by atoms with Crippen LogP contribution in [0, 0.1) is 22.8 Å². The van der Waals surface area contributed by atoms with Crippen molar-refractivity contribution in [2.45, 2.75) is 27.7 Å². The number of hydrogen-bond donors (Lipinski definition) is 1. The van der Waals surface area contributed by atoms with Crippen LogP contribution in [0.5, 0.6) is 0 Å². The molecule has 0 atom stereocenters. The van der Waals surface area contributed by atoms with E-state index in [2.05, 4.69) is 38.0 Å². The van der Waals surface area contributed by atoms with E-state index in [1.165, 1.54) is 11.8 Å². The number of rotatable bonds is 3. The van der Waals surface area contributed by atoms with E-state index in [9.17, 15) is 0 Å². The third kappa shape index (κ3) is 4.52. The molecule has 14 heavy (non-hydrogen) atoms. The molecule has 0 aliphatic rings. The average Bonchev–Trinajstić information content (AvgIpc) is 2.12. The highest BCUT2D eigenvalue weighted by molar-refractivity contribution is 8.13. The zero-order valence-corrected chi connectivity index (χ0v) is 10.4. The third-order valence-corrected chi connectivity index (χ3v) is 3.17. The van der Waals surface area contributed by atoms with Crippen LogP contribution in [0.1, 0.15) is 27.7 Å². The average molecular weight is 213 g/mol. The summed E-state index contributed by atoms with van der Waals surface area (Å²) in [4.78, 5) is 4.37. The molecule has 0 rings (SSSR count). The van der Waals surface area contributed by atoms with E-state index in [-0.39, 0.29) is 5.41 Å². The maximum Gasteiger partial charge on any atom is 0.183 e. The van der Waals surface area contributed by atoms with Gasteiger partial charge < -0.3 is 0 Å². The molecule has 0 radical (unpaired) electrons. The zero-order valence-electron chi connectivity index (χ0n) is 9.59. The molecule has 80 valence electrons. The standard InChI is InChI=1S/C10H19N3S/c1-8(2)10(3,4)6-12-9(14-5)13-7-11/h8H,6H2,1-5H3,(H,12,13). The van der Waals surface area contributed by atoms with Gasteiger partial charge in [-0.3, -0.25) is 10.3 Å². The van der Waals surface area contributed by atoms with Gasteiger partial charge in [0.2, 0.25) is 0 Å². The number of amidine groups is 1. The van der Waals surface area contributed by atoms with Gasteiger partial charge in [0.05, 0.1) is 0 Å². The summed E-state index contributed by atoms with van der Waals surface area (Å²) in [5.41, 5.74) is 0.179. The molecule has 0 heterocycles. The molecule has 4 heteroatoms. The largest absolute Gasteiger partial charge is 0.272 e. The fraction of sp³-hybridized carbons (Fsp3) is 0.800. The molecular weight excluding hydrogens is 194 g/mol. The molecule has 0 saturated heterocycles. The topological polar surface area (TPSA) is 48.2 Å². The second-order valence-electron chi connectivity index (χ2n) is 4.21. The zero-order chi connectivity index (χ0) is 11.2. The summed E-state index contributed by atoms with van der Waals surface area (Å²) in [5, 5.41) is 11.7. The van der Waals surface area contributed by atoms with Crippen LogP contribution in [0.2, 0.25) is 0 Å². The van der Waals surface area contributed by atoms with E-state index in [0.29, 0.717) is 11.1 Å². The Morgan fingerprint density at radius 3 is 2.50 bits per heavy atom. The summed E-state index contributed by atoms with van der Waals surface area (Å²) in [5.74, 6) is 0.580. The molecule has 0 bridgehead atoms. The summed E-state index contributed by atoms with van der Waals surface area (Å²) in [6, 6.07) is 0. The molecule has 0 unspecified atom stereocenters. The first-order chi connectivity index (χ1) is 6.44. The number of nitrogens with zero attached hydrogens (tertiary/aromatic N) is 2. The Morgan fingerprint density at radius 1 is 1.57 bits per heavy atom. The van der Waals surface area contributed by atoms with Gasteiger partial charge in [0.1, 0.15) is 0 Å². The highest BCUT2D eigenvalue weighted by atomic mass is 32.2. The lowest BCUT2D eigenvalue weighted by Crippen LogP contribution is -2.25. The third-order valence-electron chi connectivity index (χ3n) is 2.55. The Bertz CT molecular complexity index is 238. The highest BCUT2D eigenvalue weighted by Crippen LogP contribution is 2.26. The molecule has 0 amide bonds. The van der Waals surface area contributed by atoms with E-state index in [0.717, 1.165) is 6.54 Å². The van der Waals surface area contributed by atoms with Crippen molar-refractivity contribution in [2.75, 3.05) is 12.8 Å². The van der Waals surface area contributed by atoms with Crippen LogP contribution >= 0.6 is 11.8 Å². The van der Waals surface area contributed by atoms with Crippen molar-refractivity contribution in [2.24, 2.45) is 16.3 Å². The predicted molar refractivity (Wildman–Crippen MR) is 63.2 cm³/mol. The summed E-state index contributed by atoms with van der Waals surface area (Å²) in [6.45, 7) is 9.49. The smallest absolute Gasteiger partial charge is 0.183 e. The van der Waals surface area contributed by atoms with Crippen LogP contribution in [0.25, 0.3) is 0 Å². The minimum Gasteiger partial charge on any atom is -0.272 e. The molecule has 3 nitrogen and oxygen atoms in total. The first-order valence-electron chi connectivity index (χ1n) is 4.67. The quantitative estimate of drug-likeness (QED) is 0.339. The number of nitriles is 1. The van der Waals surface area contributed by atoms with Crippen molar-refractivity contribution in [1.82, 2.24) is 5.32 Å². The Morgan fingerprint density at radius 2 is 2.14 bits per heavy atom. The minimum atomic E-state index is 0.179. The number of aliphatic imine (C=N–C) groups is 1. The van der Waals surface area contributed by atoms with Crippen LogP contribution in [-0.2, 0) is 0 Å². The van der Waals surface area contributed by atoms with Gasteiger partial charge in [-0.05, 0) is 17.6 Å². The van der Waals surface area contributed by atoms with E-state index in [1.807, 2.05) is 12.4 Å². The van der Waals surface area contributed by atoms with Crippen molar-refractivity contribution < 1.29 is 0 Å². The van der Waals surface area contributed by atoms with E-state index < -0.39 is 0 Å². The molecule has 0 aromatic heterocycles. The second-order valence-corrected chi connectivity index (χ2v) is 5.00. The number of hydrogen-bond acceptors (Lipinski definition) is 3. The molecule has 0 aliphatic carbocycles. The Hall–Kier alpha value is -0.690. The molecule has 0 saturated carbocycles. The van der Waals surface area contributed by atoms with E-state index >= 15 is 0 Å². The van der Waals surface area contributed by atoms with E-state index in [1.54, 1.807) is 0 Å². The molecule has 0 aromatic rings.